The standard InChI is InChI=1S/C50H61F3N4O9S/c1-30(2)64-35-17-15-33(16-18-35)40-23-36(24-41(55-40)39-14-10-11-21-54-39)65-37-25-42-43(58)28-49(46(61)56-67(62,63)48(7)19-20-48)27-34(49)13-9-8-12-31(3)22-32(4)38(45(60)57(42)29-37)26-44(59)66-47(5,6)50(51,52)53/h9-11,13-18,21,23-24,30-32,34,37-38,42H,8,12,19-20,22,25-29H2,1-7H3,(H,56,61)/b13-9-/t31-,32+,34+,37+,38-,42-,49+/m0/s1. The fourth-order valence-electron chi connectivity index (χ4n) is 9.18. The van der Waals surface area contributed by atoms with E-state index in [1.54, 1.807) is 44.3 Å². The lowest BCUT2D eigenvalue weighted by Gasteiger charge is -2.33. The van der Waals surface area contributed by atoms with Crippen LogP contribution in [0.2, 0.25) is 0 Å². The van der Waals surface area contributed by atoms with Gasteiger partial charge in [0, 0.05) is 36.7 Å². The lowest BCUT2D eigenvalue weighted by atomic mass is 9.82. The van der Waals surface area contributed by atoms with E-state index in [4.69, 9.17) is 19.2 Å². The third-order valence-electron chi connectivity index (χ3n) is 13.8. The van der Waals surface area contributed by atoms with Crippen LogP contribution >= 0.6 is 0 Å². The molecule has 2 saturated carbocycles. The molecule has 2 aliphatic heterocycles. The van der Waals surface area contributed by atoms with Crippen molar-refractivity contribution in [1.82, 2.24) is 19.6 Å². The van der Waals surface area contributed by atoms with Gasteiger partial charge in [-0.1, -0.05) is 32.1 Å². The summed E-state index contributed by atoms with van der Waals surface area (Å²) >= 11 is 0. The molecule has 2 amide bonds. The van der Waals surface area contributed by atoms with Gasteiger partial charge in [0.05, 0.1) is 58.3 Å². The van der Waals surface area contributed by atoms with Crippen molar-refractivity contribution in [2.24, 2.45) is 29.1 Å². The highest BCUT2D eigenvalue weighted by atomic mass is 32.2. The van der Waals surface area contributed by atoms with E-state index in [0.717, 1.165) is 19.4 Å². The summed E-state index contributed by atoms with van der Waals surface area (Å²) in [5.74, 6) is -4.28. The maximum absolute atomic E-state index is 15.1. The number of Topliss-reactive ketones (excluding diaryl/α,β-unsaturated/α-hetero) is 1. The summed E-state index contributed by atoms with van der Waals surface area (Å²) in [6.07, 6.45) is 1.23. The number of fused-ring (bicyclic) bond motifs is 2. The molecule has 2 aromatic heterocycles. The van der Waals surface area contributed by atoms with Crippen LogP contribution in [0, 0.1) is 29.1 Å². The Morgan fingerprint density at radius 1 is 0.970 bits per heavy atom. The number of halogens is 3. The molecule has 1 N–H and O–H groups in total. The van der Waals surface area contributed by atoms with E-state index >= 15 is 4.79 Å². The average molecular weight is 951 g/mol. The molecule has 0 radical (unpaired) electrons. The number of sulfonamides is 1. The number of amides is 2. The largest absolute Gasteiger partial charge is 0.491 e. The van der Waals surface area contributed by atoms with Crippen molar-refractivity contribution in [3.8, 4) is 34.1 Å². The van der Waals surface area contributed by atoms with Gasteiger partial charge in [-0.2, -0.15) is 13.2 Å². The lowest BCUT2D eigenvalue weighted by molar-refractivity contribution is -0.257. The predicted molar refractivity (Wildman–Crippen MR) is 244 cm³/mol. The van der Waals surface area contributed by atoms with Gasteiger partial charge in [0.15, 0.2) is 5.78 Å². The van der Waals surface area contributed by atoms with Crippen LogP contribution in [-0.4, -0.2) is 88.2 Å². The van der Waals surface area contributed by atoms with Gasteiger partial charge in [-0.15, -0.1) is 0 Å². The van der Waals surface area contributed by atoms with Crippen molar-refractivity contribution in [3.63, 3.8) is 0 Å². The van der Waals surface area contributed by atoms with E-state index < -0.39 is 91.8 Å². The van der Waals surface area contributed by atoms with Gasteiger partial charge in [-0.05, 0) is 127 Å². The number of aromatic nitrogens is 2. The molecule has 7 rings (SSSR count). The molecule has 13 nitrogen and oxygen atoms in total. The first-order valence-electron chi connectivity index (χ1n) is 23.1. The van der Waals surface area contributed by atoms with Crippen molar-refractivity contribution >= 4 is 33.6 Å². The fourth-order valence-corrected chi connectivity index (χ4v) is 10.5. The van der Waals surface area contributed by atoms with Gasteiger partial charge in [0.1, 0.15) is 17.6 Å². The smallest absolute Gasteiger partial charge is 0.427 e. The number of nitrogens with zero attached hydrogens (tertiary/aromatic N) is 3. The van der Waals surface area contributed by atoms with Crippen LogP contribution in [0.5, 0.6) is 11.5 Å². The Kier molecular flexibility index (Phi) is 14.1. The number of pyridine rings is 2. The minimum atomic E-state index is -4.88. The van der Waals surface area contributed by atoms with E-state index in [2.05, 4.69) is 9.71 Å². The minimum absolute atomic E-state index is 0.000359. The topological polar surface area (TPSA) is 171 Å². The van der Waals surface area contributed by atoms with Crippen LogP contribution in [0.1, 0.15) is 106 Å². The maximum Gasteiger partial charge on any atom is 0.427 e. The molecule has 2 aliphatic carbocycles. The average Bonchev–Trinajstić information content (AvgIpc) is 4.14. The Balaban J connectivity index is 1.25. The van der Waals surface area contributed by atoms with Gasteiger partial charge in [-0.3, -0.25) is 28.9 Å². The molecule has 0 bridgehead atoms. The number of nitrogens with one attached hydrogen (secondary N) is 1. The number of hydrogen-bond donors (Lipinski definition) is 1. The molecule has 0 spiro atoms. The molecule has 3 fully saturated rings. The summed E-state index contributed by atoms with van der Waals surface area (Å²) < 4.78 is 87.2. The summed E-state index contributed by atoms with van der Waals surface area (Å²) in [7, 11) is -4.06. The highest BCUT2D eigenvalue weighted by Crippen LogP contribution is 2.58. The zero-order chi connectivity index (χ0) is 48.7. The molecule has 0 unspecified atom stereocenters. The second-order valence-corrected chi connectivity index (χ2v) is 22.3. The van der Waals surface area contributed by atoms with E-state index in [0.29, 0.717) is 60.7 Å². The molecular formula is C50H61F3N4O9S. The summed E-state index contributed by atoms with van der Waals surface area (Å²) in [5.41, 5.74) is -1.92. The SMILES string of the molecule is CC(C)Oc1ccc(-c2cc(O[C@@H]3C[C@H]4C(=O)C[C@]5(C(=O)NS(=O)(=O)C6(C)CC6)C[C@H]5/C=C\CC[C@H](C)C[C@@H](C)[C@H](CC(=O)OC(C)(C)C(F)(F)F)C(=O)N4C3)cc(-c3ccccn3)n2)cc1. The summed E-state index contributed by atoms with van der Waals surface area (Å²) in [4.78, 5) is 68.3. The molecule has 1 saturated heterocycles. The van der Waals surface area contributed by atoms with Crippen molar-refractivity contribution in [1.29, 1.82) is 0 Å². The summed E-state index contributed by atoms with van der Waals surface area (Å²) in [6, 6.07) is 15.0. The van der Waals surface area contributed by atoms with Crippen LogP contribution in [0.3, 0.4) is 0 Å². The Morgan fingerprint density at radius 3 is 2.31 bits per heavy atom. The van der Waals surface area contributed by atoms with Gasteiger partial charge < -0.3 is 19.1 Å². The Hall–Kier alpha value is -5.32. The maximum atomic E-state index is 15.1. The first-order chi connectivity index (χ1) is 31.4. The fraction of sp³-hybridized carbons (Fsp3) is 0.560. The van der Waals surface area contributed by atoms with Crippen LogP contribution in [0.25, 0.3) is 22.6 Å². The van der Waals surface area contributed by atoms with Crippen LogP contribution in [-0.2, 0) is 33.9 Å². The number of carbonyl (C=O) groups is 4. The number of hydrogen-bond acceptors (Lipinski definition) is 11. The minimum Gasteiger partial charge on any atom is -0.491 e. The Morgan fingerprint density at radius 2 is 1.67 bits per heavy atom. The second kappa shape index (κ2) is 19.0. The normalized spacial score (nSPS) is 27.2. The monoisotopic (exact) mass is 950 g/mol. The number of esters is 1. The van der Waals surface area contributed by atoms with E-state index in [9.17, 15) is 36.0 Å². The molecule has 7 atom stereocenters. The number of benzene rings is 1. The molecule has 3 aromatic rings. The predicted octanol–water partition coefficient (Wildman–Crippen LogP) is 8.81. The molecule has 362 valence electrons. The zero-order valence-corrected chi connectivity index (χ0v) is 39.9. The Labute approximate surface area is 390 Å². The van der Waals surface area contributed by atoms with Crippen molar-refractivity contribution in [3.05, 3.63) is 72.9 Å². The highest BCUT2D eigenvalue weighted by molar-refractivity contribution is 7.91. The van der Waals surface area contributed by atoms with Gasteiger partial charge in [0.2, 0.25) is 27.4 Å². The Bertz CT molecular complexity index is 2480. The number of carbonyl (C=O) groups excluding carboxylic acids is 4. The zero-order valence-electron chi connectivity index (χ0n) is 39.1. The number of ketones is 1. The highest BCUT2D eigenvalue weighted by Gasteiger charge is 2.63. The lowest BCUT2D eigenvalue weighted by Crippen LogP contribution is -2.48. The number of alkyl halides is 3. The molecule has 17 heteroatoms. The van der Waals surface area contributed by atoms with Gasteiger partial charge in [-0.25, -0.2) is 13.4 Å². The van der Waals surface area contributed by atoms with Crippen LogP contribution < -0.4 is 14.2 Å². The third kappa shape index (κ3) is 11.2. The molecular weight excluding hydrogens is 890 g/mol. The van der Waals surface area contributed by atoms with Gasteiger partial charge in [0.25, 0.3) is 0 Å². The van der Waals surface area contributed by atoms with E-state index in [-0.39, 0.29) is 37.8 Å². The van der Waals surface area contributed by atoms with Gasteiger partial charge >= 0.3 is 12.1 Å². The molecule has 1 aromatic carbocycles. The summed E-state index contributed by atoms with van der Waals surface area (Å²) in [5, 5.41) is 0. The summed E-state index contributed by atoms with van der Waals surface area (Å²) in [6.45, 7) is 10.5. The van der Waals surface area contributed by atoms with Crippen LogP contribution in [0.4, 0.5) is 13.2 Å². The second-order valence-electron chi connectivity index (χ2n) is 20.1. The van der Waals surface area contributed by atoms with E-state index in [1.165, 1.54) is 4.90 Å². The first kappa shape index (κ1) is 49.6. The van der Waals surface area contributed by atoms with Crippen molar-refractivity contribution < 1.29 is 55.0 Å². The van der Waals surface area contributed by atoms with E-state index in [1.807, 2.05) is 63.3 Å². The first-order valence-corrected chi connectivity index (χ1v) is 24.6. The van der Waals surface area contributed by atoms with Crippen molar-refractivity contribution in [2.45, 2.75) is 141 Å². The number of allylic oxidation sites excluding steroid dienone is 2. The molecule has 67 heavy (non-hydrogen) atoms. The number of rotatable bonds is 12. The molecule has 4 aliphatic rings. The van der Waals surface area contributed by atoms with Crippen LogP contribution in [0.15, 0.2) is 72.9 Å². The third-order valence-corrected chi connectivity index (χ3v) is 15.9. The quantitative estimate of drug-likeness (QED) is 0.136. The van der Waals surface area contributed by atoms with Crippen molar-refractivity contribution in [2.75, 3.05) is 6.54 Å². The molecule has 4 heterocycles. The number of ether oxygens (including phenoxy) is 3.